The van der Waals surface area contributed by atoms with Crippen LogP contribution in [-0.2, 0) is 6.42 Å². The number of nitrogens with zero attached hydrogens (tertiary/aromatic N) is 5. The van der Waals surface area contributed by atoms with Gasteiger partial charge in [0.05, 0.1) is 18.1 Å². The fraction of sp³-hybridized carbons (Fsp3) is 0.500. The van der Waals surface area contributed by atoms with E-state index in [0.29, 0.717) is 5.92 Å². The molecule has 0 saturated carbocycles. The third kappa shape index (κ3) is 3.69. The Hall–Kier alpha value is -2.24. The maximum absolute atomic E-state index is 4.49. The first-order chi connectivity index (χ1) is 10.8. The smallest absolute Gasteiger partial charge is 0.225 e. The number of anilines is 2. The van der Waals surface area contributed by atoms with Crippen molar-refractivity contribution in [2.24, 2.45) is 5.92 Å². The van der Waals surface area contributed by atoms with Crippen molar-refractivity contribution in [1.82, 2.24) is 19.9 Å². The molecule has 2 aromatic heterocycles. The van der Waals surface area contributed by atoms with Crippen LogP contribution >= 0.6 is 0 Å². The van der Waals surface area contributed by atoms with Crippen LogP contribution in [0.15, 0.2) is 30.9 Å². The molecule has 1 unspecified atom stereocenters. The summed E-state index contributed by atoms with van der Waals surface area (Å²) in [6.07, 6.45) is 11.8. The average Bonchev–Trinajstić information content (AvgIpc) is 2.82. The Balaban J connectivity index is 1.58. The van der Waals surface area contributed by atoms with Gasteiger partial charge in [0.15, 0.2) is 0 Å². The van der Waals surface area contributed by atoms with Crippen LogP contribution in [0.2, 0.25) is 0 Å². The SMILES string of the molecule is CNc1cnc(CC2CCCN(c3ncccn3)CC2)cn1. The van der Waals surface area contributed by atoms with Gasteiger partial charge in [-0.05, 0) is 37.7 Å². The summed E-state index contributed by atoms with van der Waals surface area (Å²) in [7, 11) is 1.86. The maximum atomic E-state index is 4.49. The summed E-state index contributed by atoms with van der Waals surface area (Å²) in [5.74, 6) is 2.32. The second-order valence-electron chi connectivity index (χ2n) is 5.68. The molecule has 2 aromatic rings. The fourth-order valence-corrected chi connectivity index (χ4v) is 2.91. The second-order valence-corrected chi connectivity index (χ2v) is 5.68. The van der Waals surface area contributed by atoms with Crippen LogP contribution in [0.4, 0.5) is 11.8 Å². The Bertz CT molecular complexity index is 571. The highest BCUT2D eigenvalue weighted by Crippen LogP contribution is 2.22. The molecule has 0 aliphatic carbocycles. The van der Waals surface area contributed by atoms with E-state index in [4.69, 9.17) is 0 Å². The summed E-state index contributed by atoms with van der Waals surface area (Å²) >= 11 is 0. The van der Waals surface area contributed by atoms with Crippen molar-refractivity contribution in [2.75, 3.05) is 30.4 Å². The van der Waals surface area contributed by atoms with E-state index in [1.165, 1.54) is 12.8 Å². The van der Waals surface area contributed by atoms with Gasteiger partial charge in [0, 0.05) is 32.5 Å². The van der Waals surface area contributed by atoms with Crippen LogP contribution in [0.5, 0.6) is 0 Å². The monoisotopic (exact) mass is 298 g/mol. The normalized spacial score (nSPS) is 18.8. The zero-order chi connectivity index (χ0) is 15.2. The number of hydrogen-bond acceptors (Lipinski definition) is 6. The maximum Gasteiger partial charge on any atom is 0.225 e. The first-order valence-corrected chi connectivity index (χ1v) is 7.86. The summed E-state index contributed by atoms with van der Waals surface area (Å²) in [4.78, 5) is 19.8. The number of aromatic nitrogens is 4. The molecule has 0 spiro atoms. The Kier molecular flexibility index (Phi) is 4.78. The molecule has 0 bridgehead atoms. The Labute approximate surface area is 131 Å². The van der Waals surface area contributed by atoms with Crippen LogP contribution < -0.4 is 10.2 Å². The van der Waals surface area contributed by atoms with E-state index in [1.54, 1.807) is 6.20 Å². The molecular formula is C16H22N6. The molecule has 3 rings (SSSR count). The minimum absolute atomic E-state index is 0.656. The van der Waals surface area contributed by atoms with E-state index in [-0.39, 0.29) is 0 Å². The highest BCUT2D eigenvalue weighted by molar-refractivity contribution is 5.30. The van der Waals surface area contributed by atoms with E-state index in [2.05, 4.69) is 30.2 Å². The van der Waals surface area contributed by atoms with Crippen LogP contribution in [0.3, 0.4) is 0 Å². The van der Waals surface area contributed by atoms with Crippen LogP contribution in [0.1, 0.15) is 25.0 Å². The first-order valence-electron chi connectivity index (χ1n) is 7.86. The summed E-state index contributed by atoms with van der Waals surface area (Å²) < 4.78 is 0. The lowest BCUT2D eigenvalue weighted by molar-refractivity contribution is 0.466. The summed E-state index contributed by atoms with van der Waals surface area (Å²) in [6.45, 7) is 2.04. The van der Waals surface area contributed by atoms with Gasteiger partial charge in [-0.3, -0.25) is 4.98 Å². The zero-order valence-corrected chi connectivity index (χ0v) is 12.9. The van der Waals surface area contributed by atoms with E-state index in [0.717, 1.165) is 43.4 Å². The lowest BCUT2D eigenvalue weighted by Gasteiger charge is -2.20. The fourth-order valence-electron chi connectivity index (χ4n) is 2.91. The topological polar surface area (TPSA) is 66.8 Å². The predicted molar refractivity (Wildman–Crippen MR) is 86.9 cm³/mol. The molecule has 1 atom stereocenters. The molecule has 1 aliphatic rings. The lowest BCUT2D eigenvalue weighted by Crippen LogP contribution is -2.26. The quantitative estimate of drug-likeness (QED) is 0.933. The van der Waals surface area contributed by atoms with Gasteiger partial charge in [-0.1, -0.05) is 0 Å². The molecule has 22 heavy (non-hydrogen) atoms. The molecule has 0 aromatic carbocycles. The Morgan fingerprint density at radius 3 is 2.68 bits per heavy atom. The molecule has 1 fully saturated rings. The van der Waals surface area contributed by atoms with Gasteiger partial charge >= 0.3 is 0 Å². The molecule has 1 N–H and O–H groups in total. The van der Waals surface area contributed by atoms with Gasteiger partial charge in [-0.2, -0.15) is 0 Å². The predicted octanol–water partition coefficient (Wildman–Crippen LogP) is 2.16. The van der Waals surface area contributed by atoms with Gasteiger partial charge in [0.25, 0.3) is 0 Å². The van der Waals surface area contributed by atoms with Gasteiger partial charge < -0.3 is 10.2 Å². The lowest BCUT2D eigenvalue weighted by atomic mass is 9.95. The van der Waals surface area contributed by atoms with Crippen molar-refractivity contribution in [3.05, 3.63) is 36.5 Å². The van der Waals surface area contributed by atoms with E-state index < -0.39 is 0 Å². The van der Waals surface area contributed by atoms with Gasteiger partial charge in [-0.25, -0.2) is 15.0 Å². The molecule has 116 valence electrons. The molecule has 0 radical (unpaired) electrons. The highest BCUT2D eigenvalue weighted by Gasteiger charge is 2.19. The first kappa shape index (κ1) is 14.7. The van der Waals surface area contributed by atoms with Crippen molar-refractivity contribution in [2.45, 2.75) is 25.7 Å². The third-order valence-electron chi connectivity index (χ3n) is 4.14. The largest absolute Gasteiger partial charge is 0.372 e. The standard InChI is InChI=1S/C16H22N6/c1-17-15-12-20-14(11-21-15)10-13-4-2-8-22(9-5-13)16-18-6-3-7-19-16/h3,6-7,11-13H,2,4-5,8-10H2,1H3,(H,17,21). The third-order valence-corrected chi connectivity index (χ3v) is 4.14. The number of nitrogens with one attached hydrogen (secondary N) is 1. The minimum Gasteiger partial charge on any atom is -0.372 e. The van der Waals surface area contributed by atoms with E-state index in [9.17, 15) is 0 Å². The van der Waals surface area contributed by atoms with Gasteiger partial charge in [0.1, 0.15) is 5.82 Å². The highest BCUT2D eigenvalue weighted by atomic mass is 15.2. The molecule has 0 amide bonds. The molecule has 1 saturated heterocycles. The van der Waals surface area contributed by atoms with Crippen molar-refractivity contribution in [3.8, 4) is 0 Å². The minimum atomic E-state index is 0.656. The van der Waals surface area contributed by atoms with Gasteiger partial charge in [-0.15, -0.1) is 0 Å². The number of rotatable bonds is 4. The summed E-state index contributed by atoms with van der Waals surface area (Å²) in [6, 6.07) is 1.86. The van der Waals surface area contributed by atoms with E-state index >= 15 is 0 Å². The average molecular weight is 298 g/mol. The van der Waals surface area contributed by atoms with Crippen molar-refractivity contribution in [1.29, 1.82) is 0 Å². The van der Waals surface area contributed by atoms with Crippen LogP contribution in [-0.4, -0.2) is 40.1 Å². The molecule has 1 aliphatic heterocycles. The molecule has 3 heterocycles. The number of hydrogen-bond donors (Lipinski definition) is 1. The van der Waals surface area contributed by atoms with Crippen molar-refractivity contribution in [3.63, 3.8) is 0 Å². The molecule has 6 nitrogen and oxygen atoms in total. The van der Waals surface area contributed by atoms with Gasteiger partial charge in [0.2, 0.25) is 5.95 Å². The van der Waals surface area contributed by atoms with Crippen molar-refractivity contribution < 1.29 is 0 Å². The molecular weight excluding hydrogens is 276 g/mol. The summed E-state index contributed by atoms with van der Waals surface area (Å²) in [5, 5.41) is 3.00. The summed E-state index contributed by atoms with van der Waals surface area (Å²) in [5.41, 5.74) is 1.08. The molecule has 6 heteroatoms. The second kappa shape index (κ2) is 7.15. The van der Waals surface area contributed by atoms with Crippen LogP contribution in [0, 0.1) is 5.92 Å². The van der Waals surface area contributed by atoms with E-state index in [1.807, 2.05) is 31.7 Å². The van der Waals surface area contributed by atoms with Crippen molar-refractivity contribution >= 4 is 11.8 Å². The van der Waals surface area contributed by atoms with Crippen LogP contribution in [0.25, 0.3) is 0 Å². The Morgan fingerprint density at radius 1 is 1.09 bits per heavy atom. The zero-order valence-electron chi connectivity index (χ0n) is 12.9. The Morgan fingerprint density at radius 2 is 1.95 bits per heavy atom.